The summed E-state index contributed by atoms with van der Waals surface area (Å²) in [7, 11) is 3.46. The molecule has 0 N–H and O–H groups in total. The summed E-state index contributed by atoms with van der Waals surface area (Å²) < 4.78 is 1.64. The van der Waals surface area contributed by atoms with Gasteiger partial charge in [-0.05, 0) is 18.6 Å². The fraction of sp³-hybridized carbons (Fsp3) is 0.267. The number of aryl methyl sites for hydroxylation is 2. The number of carbonyl (C=O) groups is 1. The van der Waals surface area contributed by atoms with Crippen molar-refractivity contribution < 1.29 is 4.79 Å². The van der Waals surface area contributed by atoms with Crippen LogP contribution in [0.4, 0.5) is 5.69 Å². The van der Waals surface area contributed by atoms with Gasteiger partial charge < -0.3 is 4.90 Å². The van der Waals surface area contributed by atoms with E-state index in [2.05, 4.69) is 11.2 Å². The zero-order chi connectivity index (χ0) is 14.7. The van der Waals surface area contributed by atoms with Gasteiger partial charge in [-0.25, -0.2) is 0 Å². The molecule has 1 amide bonds. The SMILES string of the molecule is CCc1nn(C)cc1C(=O)N(C)c1ccccc1C#N. The Morgan fingerprint density at radius 2 is 2.15 bits per heavy atom. The summed E-state index contributed by atoms with van der Waals surface area (Å²) in [4.78, 5) is 14.1. The quantitative estimate of drug-likeness (QED) is 0.856. The third kappa shape index (κ3) is 2.41. The monoisotopic (exact) mass is 268 g/mol. The summed E-state index contributed by atoms with van der Waals surface area (Å²) in [5.41, 5.74) is 2.42. The van der Waals surface area contributed by atoms with Crippen LogP contribution in [0.2, 0.25) is 0 Å². The zero-order valence-electron chi connectivity index (χ0n) is 11.8. The fourth-order valence-corrected chi connectivity index (χ4v) is 2.13. The minimum Gasteiger partial charge on any atom is -0.310 e. The fourth-order valence-electron chi connectivity index (χ4n) is 2.13. The first kappa shape index (κ1) is 13.8. The molecule has 102 valence electrons. The standard InChI is InChI=1S/C15H16N4O/c1-4-13-12(10-18(2)17-13)15(20)19(3)14-8-6-5-7-11(14)9-16/h5-8,10H,4H2,1-3H3. The van der Waals surface area contributed by atoms with Crippen molar-refractivity contribution in [3.63, 3.8) is 0 Å². The van der Waals surface area contributed by atoms with Crippen LogP contribution in [-0.2, 0) is 13.5 Å². The highest BCUT2D eigenvalue weighted by Gasteiger charge is 2.20. The Hall–Kier alpha value is -2.61. The average Bonchev–Trinajstić information content (AvgIpc) is 2.86. The van der Waals surface area contributed by atoms with E-state index in [1.807, 2.05) is 13.0 Å². The number of amides is 1. The largest absolute Gasteiger partial charge is 0.310 e. The average molecular weight is 268 g/mol. The minimum absolute atomic E-state index is 0.155. The lowest BCUT2D eigenvalue weighted by molar-refractivity contribution is 0.0992. The van der Waals surface area contributed by atoms with E-state index in [0.717, 1.165) is 5.69 Å². The van der Waals surface area contributed by atoms with E-state index in [-0.39, 0.29) is 5.91 Å². The number of nitrogens with zero attached hydrogens (tertiary/aromatic N) is 4. The van der Waals surface area contributed by atoms with Gasteiger partial charge in [0, 0.05) is 20.3 Å². The maximum Gasteiger partial charge on any atom is 0.261 e. The topological polar surface area (TPSA) is 61.9 Å². The van der Waals surface area contributed by atoms with Crippen molar-refractivity contribution in [1.29, 1.82) is 5.26 Å². The third-order valence-electron chi connectivity index (χ3n) is 3.16. The molecule has 0 spiro atoms. The van der Waals surface area contributed by atoms with Crippen LogP contribution in [0.3, 0.4) is 0 Å². The lowest BCUT2D eigenvalue weighted by atomic mass is 10.1. The van der Waals surface area contributed by atoms with Crippen LogP contribution >= 0.6 is 0 Å². The van der Waals surface area contributed by atoms with Crippen LogP contribution in [0.25, 0.3) is 0 Å². The molecule has 0 aliphatic heterocycles. The smallest absolute Gasteiger partial charge is 0.261 e. The molecule has 0 atom stereocenters. The van der Waals surface area contributed by atoms with Gasteiger partial charge in [0.1, 0.15) is 6.07 Å². The van der Waals surface area contributed by atoms with Gasteiger partial charge in [-0.15, -0.1) is 0 Å². The van der Waals surface area contributed by atoms with Crippen LogP contribution in [-0.4, -0.2) is 22.7 Å². The number of aromatic nitrogens is 2. The number of para-hydroxylation sites is 1. The van der Waals surface area contributed by atoms with Gasteiger partial charge in [0.05, 0.1) is 22.5 Å². The highest BCUT2D eigenvalue weighted by atomic mass is 16.2. The summed E-state index contributed by atoms with van der Waals surface area (Å²) in [5, 5.41) is 13.4. The van der Waals surface area contributed by atoms with E-state index in [9.17, 15) is 4.79 Å². The van der Waals surface area contributed by atoms with Crippen LogP contribution in [0.5, 0.6) is 0 Å². The normalized spacial score (nSPS) is 10.1. The lowest BCUT2D eigenvalue weighted by Crippen LogP contribution is -2.27. The number of anilines is 1. The molecule has 2 aromatic rings. The summed E-state index contributed by atoms with van der Waals surface area (Å²) in [6.45, 7) is 1.96. The van der Waals surface area contributed by atoms with Crippen molar-refractivity contribution in [2.75, 3.05) is 11.9 Å². The summed E-state index contributed by atoms with van der Waals surface area (Å²) in [6.07, 6.45) is 2.41. The van der Waals surface area contributed by atoms with Crippen molar-refractivity contribution in [1.82, 2.24) is 9.78 Å². The van der Waals surface area contributed by atoms with Gasteiger partial charge in [-0.2, -0.15) is 10.4 Å². The van der Waals surface area contributed by atoms with Gasteiger partial charge in [0.15, 0.2) is 0 Å². The number of hydrogen-bond donors (Lipinski definition) is 0. The second-order valence-electron chi connectivity index (χ2n) is 4.51. The van der Waals surface area contributed by atoms with E-state index in [4.69, 9.17) is 5.26 Å². The minimum atomic E-state index is -0.155. The zero-order valence-corrected chi connectivity index (χ0v) is 11.8. The second-order valence-corrected chi connectivity index (χ2v) is 4.51. The molecule has 0 fully saturated rings. The number of hydrogen-bond acceptors (Lipinski definition) is 3. The molecule has 1 aromatic carbocycles. The van der Waals surface area contributed by atoms with Crippen LogP contribution in [0.15, 0.2) is 30.5 Å². The second kappa shape index (κ2) is 5.57. The number of carbonyl (C=O) groups excluding carboxylic acids is 1. The molecule has 5 heteroatoms. The van der Waals surface area contributed by atoms with E-state index in [1.54, 1.807) is 43.2 Å². The number of nitriles is 1. The van der Waals surface area contributed by atoms with E-state index in [1.165, 1.54) is 4.90 Å². The first-order chi connectivity index (χ1) is 9.58. The molecule has 0 aliphatic rings. The van der Waals surface area contributed by atoms with Crippen molar-refractivity contribution in [2.45, 2.75) is 13.3 Å². The number of rotatable bonds is 3. The molecule has 0 radical (unpaired) electrons. The van der Waals surface area contributed by atoms with Crippen molar-refractivity contribution in [2.24, 2.45) is 7.05 Å². The van der Waals surface area contributed by atoms with Gasteiger partial charge in [0.2, 0.25) is 0 Å². The van der Waals surface area contributed by atoms with Crippen LogP contribution in [0.1, 0.15) is 28.5 Å². The summed E-state index contributed by atoms with van der Waals surface area (Å²) >= 11 is 0. The molecular formula is C15H16N4O. The molecule has 0 bridgehead atoms. The molecule has 0 saturated heterocycles. The maximum absolute atomic E-state index is 12.6. The Balaban J connectivity index is 2.40. The highest BCUT2D eigenvalue weighted by Crippen LogP contribution is 2.21. The van der Waals surface area contributed by atoms with Crippen molar-refractivity contribution in [3.05, 3.63) is 47.3 Å². The Morgan fingerprint density at radius 3 is 2.80 bits per heavy atom. The molecule has 20 heavy (non-hydrogen) atoms. The molecule has 1 aromatic heterocycles. The number of benzene rings is 1. The van der Waals surface area contributed by atoms with Crippen molar-refractivity contribution in [3.8, 4) is 6.07 Å². The summed E-state index contributed by atoms with van der Waals surface area (Å²) in [5.74, 6) is -0.155. The third-order valence-corrected chi connectivity index (χ3v) is 3.16. The van der Waals surface area contributed by atoms with E-state index in [0.29, 0.717) is 23.2 Å². The predicted octanol–water partition coefficient (Wildman–Crippen LogP) is 2.13. The molecule has 1 heterocycles. The first-order valence-electron chi connectivity index (χ1n) is 6.38. The van der Waals surface area contributed by atoms with E-state index < -0.39 is 0 Å². The first-order valence-corrected chi connectivity index (χ1v) is 6.38. The maximum atomic E-state index is 12.6. The van der Waals surface area contributed by atoms with Gasteiger partial charge in [0.25, 0.3) is 5.91 Å². The molecular weight excluding hydrogens is 252 g/mol. The van der Waals surface area contributed by atoms with Gasteiger partial charge in [-0.1, -0.05) is 19.1 Å². The predicted molar refractivity (Wildman–Crippen MR) is 76.5 cm³/mol. The van der Waals surface area contributed by atoms with Crippen LogP contribution in [0, 0.1) is 11.3 Å². The molecule has 2 rings (SSSR count). The molecule has 5 nitrogen and oxygen atoms in total. The molecule has 0 unspecified atom stereocenters. The Kier molecular flexibility index (Phi) is 3.85. The Morgan fingerprint density at radius 1 is 1.45 bits per heavy atom. The Labute approximate surface area is 118 Å². The van der Waals surface area contributed by atoms with Crippen molar-refractivity contribution >= 4 is 11.6 Å². The highest BCUT2D eigenvalue weighted by molar-refractivity contribution is 6.07. The van der Waals surface area contributed by atoms with E-state index >= 15 is 0 Å². The van der Waals surface area contributed by atoms with Gasteiger partial charge >= 0.3 is 0 Å². The summed E-state index contributed by atoms with van der Waals surface area (Å²) in [6, 6.07) is 9.15. The molecule has 0 aliphatic carbocycles. The Bertz CT molecular complexity index is 681. The molecule has 0 saturated carbocycles. The lowest BCUT2D eigenvalue weighted by Gasteiger charge is -2.18. The van der Waals surface area contributed by atoms with Crippen LogP contribution < -0.4 is 4.90 Å². The van der Waals surface area contributed by atoms with Gasteiger partial charge in [-0.3, -0.25) is 9.48 Å².